The number of aromatic nitrogens is 3. The molecular formula is C29H38N6O3. The minimum Gasteiger partial charge on any atom is -0.481 e. The van der Waals surface area contributed by atoms with Gasteiger partial charge in [-0.2, -0.15) is 5.10 Å². The van der Waals surface area contributed by atoms with Crippen LogP contribution < -0.4 is 10.6 Å². The lowest BCUT2D eigenvalue weighted by atomic mass is 10.1. The molecule has 0 radical (unpaired) electrons. The number of nitrogens with zero attached hydrogens (tertiary/aromatic N) is 4. The Hall–Kier alpha value is -3.72. The van der Waals surface area contributed by atoms with Crippen molar-refractivity contribution in [1.82, 2.24) is 25.0 Å². The Kier molecular flexibility index (Phi) is 10.3. The molecule has 2 aliphatic rings. The van der Waals surface area contributed by atoms with Crippen LogP contribution in [0, 0.1) is 0 Å². The Bertz CT molecular complexity index is 1160. The van der Waals surface area contributed by atoms with Gasteiger partial charge in [-0.05, 0) is 81.9 Å². The van der Waals surface area contributed by atoms with Gasteiger partial charge in [0.1, 0.15) is 5.82 Å². The second-order valence-electron chi connectivity index (χ2n) is 9.84. The normalized spacial score (nSPS) is 15.8. The molecule has 1 amide bonds. The number of piperidine rings is 1. The van der Waals surface area contributed by atoms with Gasteiger partial charge in [0.2, 0.25) is 6.41 Å². The summed E-state index contributed by atoms with van der Waals surface area (Å²) in [7, 11) is 0. The van der Waals surface area contributed by atoms with E-state index in [4.69, 9.17) is 10.1 Å². The number of para-hydroxylation sites is 1. The number of carboxylic acid groups (broad SMARTS) is 1. The number of carbonyl (C=O) groups is 2. The molecule has 38 heavy (non-hydrogen) atoms. The van der Waals surface area contributed by atoms with Crippen LogP contribution in [0.5, 0.6) is 0 Å². The van der Waals surface area contributed by atoms with Crippen LogP contribution in [0.3, 0.4) is 0 Å². The summed E-state index contributed by atoms with van der Waals surface area (Å²) in [6, 6.07) is 13.4. The lowest BCUT2D eigenvalue weighted by Gasteiger charge is -2.26. The van der Waals surface area contributed by atoms with Crippen molar-refractivity contribution in [2.24, 2.45) is 0 Å². The van der Waals surface area contributed by atoms with E-state index < -0.39 is 12.0 Å². The van der Waals surface area contributed by atoms with Crippen LogP contribution in [0.15, 0.2) is 54.9 Å². The number of pyridine rings is 1. The number of carbonyl (C=O) groups excluding carboxylic acids is 1. The summed E-state index contributed by atoms with van der Waals surface area (Å²) >= 11 is 0. The number of anilines is 1. The lowest BCUT2D eigenvalue weighted by Crippen LogP contribution is -2.30. The largest absolute Gasteiger partial charge is 0.481 e. The first-order valence-electron chi connectivity index (χ1n) is 13.6. The van der Waals surface area contributed by atoms with Crippen molar-refractivity contribution in [3.05, 3.63) is 71.7 Å². The Morgan fingerprint density at radius 1 is 1.11 bits per heavy atom. The van der Waals surface area contributed by atoms with E-state index in [0.29, 0.717) is 12.0 Å². The van der Waals surface area contributed by atoms with Gasteiger partial charge in [0.25, 0.3) is 0 Å². The van der Waals surface area contributed by atoms with Gasteiger partial charge in [-0.25, -0.2) is 9.67 Å². The van der Waals surface area contributed by atoms with Gasteiger partial charge in [-0.3, -0.25) is 9.59 Å². The molecule has 5 rings (SSSR count). The van der Waals surface area contributed by atoms with Crippen molar-refractivity contribution in [2.75, 3.05) is 31.5 Å². The molecule has 0 saturated carbocycles. The minimum absolute atomic E-state index is 0.181. The molecule has 0 aliphatic carbocycles. The van der Waals surface area contributed by atoms with Crippen molar-refractivity contribution < 1.29 is 14.7 Å². The average Bonchev–Trinajstić information content (AvgIpc) is 3.45. The molecule has 1 atom stereocenters. The number of aryl methyl sites for hydroxylation is 2. The number of aliphatic carboxylic acids is 1. The van der Waals surface area contributed by atoms with E-state index in [2.05, 4.69) is 32.8 Å². The van der Waals surface area contributed by atoms with E-state index in [0.717, 1.165) is 24.5 Å². The number of carboxylic acids is 1. The third-order valence-electron chi connectivity index (χ3n) is 6.98. The van der Waals surface area contributed by atoms with Crippen molar-refractivity contribution in [3.8, 4) is 5.69 Å². The monoisotopic (exact) mass is 518 g/mol. The summed E-state index contributed by atoms with van der Waals surface area (Å²) in [4.78, 5) is 28.6. The first-order valence-corrected chi connectivity index (χ1v) is 13.6. The third-order valence-corrected chi connectivity index (χ3v) is 6.98. The van der Waals surface area contributed by atoms with E-state index >= 15 is 0 Å². The van der Waals surface area contributed by atoms with E-state index in [1.807, 2.05) is 30.3 Å². The summed E-state index contributed by atoms with van der Waals surface area (Å²) in [5, 5.41) is 18.9. The molecule has 3 aromatic rings. The molecule has 1 unspecified atom stereocenters. The number of fused-ring (bicyclic) bond motifs is 1. The molecule has 1 fully saturated rings. The average molecular weight is 519 g/mol. The Labute approximate surface area is 224 Å². The molecule has 2 aliphatic heterocycles. The maximum absolute atomic E-state index is 10.8. The van der Waals surface area contributed by atoms with Gasteiger partial charge in [-0.15, -0.1) is 0 Å². The van der Waals surface area contributed by atoms with E-state index in [-0.39, 0.29) is 6.42 Å². The summed E-state index contributed by atoms with van der Waals surface area (Å²) in [5.74, 6) is 0.161. The molecule has 9 nitrogen and oxygen atoms in total. The molecule has 1 aromatic carbocycles. The smallest absolute Gasteiger partial charge is 0.305 e. The Balaban J connectivity index is 0.000000177. The Morgan fingerprint density at radius 3 is 2.68 bits per heavy atom. The quantitative estimate of drug-likeness (QED) is 0.348. The van der Waals surface area contributed by atoms with E-state index in [1.54, 1.807) is 17.1 Å². The molecule has 9 heteroatoms. The topological polar surface area (TPSA) is 112 Å². The van der Waals surface area contributed by atoms with Crippen LogP contribution in [0.4, 0.5) is 5.82 Å². The minimum atomic E-state index is -0.980. The fraction of sp³-hybridized carbons (Fsp3) is 0.448. The fourth-order valence-electron chi connectivity index (χ4n) is 4.94. The standard InChI is InChI=1S/C16H25N3.C13H13N3O3/c1-2-11-19(12-3-1)13-5-7-15-9-8-14-6-4-10-17-16(14)18-15;17-9-14-12(6-13(18)19)10-7-15-16(8-10)11-4-2-1-3-5-11/h8-9H,1-7,10-13H2,(H,17,18);1-5,7-9,12H,6H2,(H,14,17)(H,18,19). The van der Waals surface area contributed by atoms with Crippen LogP contribution >= 0.6 is 0 Å². The first kappa shape index (κ1) is 27.3. The van der Waals surface area contributed by atoms with Crippen molar-refractivity contribution >= 4 is 18.2 Å². The molecule has 0 bridgehead atoms. The van der Waals surface area contributed by atoms with Crippen LogP contribution in [0.2, 0.25) is 0 Å². The highest BCUT2D eigenvalue weighted by atomic mass is 16.4. The first-order chi connectivity index (χ1) is 18.6. The zero-order chi connectivity index (χ0) is 26.6. The number of hydrogen-bond acceptors (Lipinski definition) is 6. The van der Waals surface area contributed by atoms with Crippen LogP contribution in [0.1, 0.15) is 61.4 Å². The SMILES string of the molecule is O=CNC(CC(=O)O)c1cnn(-c2ccccc2)c1.c1cc2c(nc1CCCN1CCCCC1)NCCC2. The number of nitrogens with one attached hydrogen (secondary N) is 2. The molecule has 4 heterocycles. The highest BCUT2D eigenvalue weighted by Gasteiger charge is 2.17. The number of likely N-dealkylation sites (tertiary alicyclic amines) is 1. The van der Waals surface area contributed by atoms with Crippen molar-refractivity contribution in [3.63, 3.8) is 0 Å². The predicted molar refractivity (Wildman–Crippen MR) is 147 cm³/mol. The van der Waals surface area contributed by atoms with E-state index in [1.165, 1.54) is 69.4 Å². The van der Waals surface area contributed by atoms with Crippen molar-refractivity contribution in [2.45, 2.75) is 57.4 Å². The van der Waals surface area contributed by atoms with Gasteiger partial charge in [-0.1, -0.05) is 30.7 Å². The molecule has 2 aromatic heterocycles. The maximum Gasteiger partial charge on any atom is 0.305 e. The Morgan fingerprint density at radius 2 is 1.92 bits per heavy atom. The predicted octanol–water partition coefficient (Wildman–Crippen LogP) is 3.99. The number of hydrogen-bond donors (Lipinski definition) is 3. The molecule has 3 N–H and O–H groups in total. The zero-order valence-corrected chi connectivity index (χ0v) is 21.9. The second kappa shape index (κ2) is 14.3. The molecule has 1 saturated heterocycles. The van der Waals surface area contributed by atoms with Crippen LogP contribution in [-0.4, -0.2) is 63.3 Å². The number of rotatable bonds is 10. The maximum atomic E-state index is 10.8. The van der Waals surface area contributed by atoms with Gasteiger partial charge in [0.05, 0.1) is 24.3 Å². The van der Waals surface area contributed by atoms with Crippen LogP contribution in [0.25, 0.3) is 5.69 Å². The second-order valence-corrected chi connectivity index (χ2v) is 9.84. The summed E-state index contributed by atoms with van der Waals surface area (Å²) in [6.45, 7) is 4.93. The summed E-state index contributed by atoms with van der Waals surface area (Å²) < 4.78 is 1.64. The highest BCUT2D eigenvalue weighted by Crippen LogP contribution is 2.20. The third kappa shape index (κ3) is 8.14. The lowest BCUT2D eigenvalue weighted by molar-refractivity contribution is -0.137. The van der Waals surface area contributed by atoms with Gasteiger partial charge in [0, 0.05) is 24.0 Å². The van der Waals surface area contributed by atoms with Gasteiger partial charge < -0.3 is 20.6 Å². The van der Waals surface area contributed by atoms with Gasteiger partial charge >= 0.3 is 5.97 Å². The number of benzene rings is 1. The zero-order valence-electron chi connectivity index (χ0n) is 21.9. The summed E-state index contributed by atoms with van der Waals surface area (Å²) in [6.07, 6.45) is 12.6. The van der Waals surface area contributed by atoms with E-state index in [9.17, 15) is 9.59 Å². The molecule has 202 valence electrons. The molecular weight excluding hydrogens is 480 g/mol. The molecule has 0 spiro atoms. The van der Waals surface area contributed by atoms with Crippen molar-refractivity contribution in [1.29, 1.82) is 0 Å². The number of amides is 1. The highest BCUT2D eigenvalue weighted by molar-refractivity contribution is 5.68. The summed E-state index contributed by atoms with van der Waals surface area (Å²) in [5.41, 5.74) is 4.17. The van der Waals surface area contributed by atoms with Crippen LogP contribution in [-0.2, 0) is 22.4 Å². The van der Waals surface area contributed by atoms with Gasteiger partial charge in [0.15, 0.2) is 0 Å². The fourth-order valence-corrected chi connectivity index (χ4v) is 4.94.